The first kappa shape index (κ1) is 21.4. The molecule has 9 nitrogen and oxygen atoms in total. The highest BCUT2D eigenvalue weighted by atomic mass is 32.2. The van der Waals surface area contributed by atoms with Gasteiger partial charge >= 0.3 is 16.2 Å². The van der Waals surface area contributed by atoms with Crippen molar-refractivity contribution in [2.45, 2.75) is 39.8 Å². The SMILES string of the molecule is COc1ccccc1CNC(=O)[C@H](C)OC(=O)CC1=C(C)NS(=O)(=O)N=C1C. The highest BCUT2D eigenvalue weighted by Gasteiger charge is 2.24. The number of hydrogen-bond donors (Lipinski definition) is 2. The molecule has 1 aliphatic rings. The van der Waals surface area contributed by atoms with Crippen molar-refractivity contribution in [3.63, 3.8) is 0 Å². The van der Waals surface area contributed by atoms with E-state index in [4.69, 9.17) is 9.47 Å². The molecule has 0 saturated heterocycles. The van der Waals surface area contributed by atoms with Crippen molar-refractivity contribution >= 4 is 27.8 Å². The molecule has 1 aromatic carbocycles. The summed E-state index contributed by atoms with van der Waals surface area (Å²) >= 11 is 0. The quantitative estimate of drug-likeness (QED) is 0.653. The highest BCUT2D eigenvalue weighted by molar-refractivity contribution is 7.88. The van der Waals surface area contributed by atoms with Crippen LogP contribution in [-0.2, 0) is 31.1 Å². The fourth-order valence-corrected chi connectivity index (χ4v) is 3.68. The van der Waals surface area contributed by atoms with Gasteiger partial charge in [-0.1, -0.05) is 18.2 Å². The first-order chi connectivity index (χ1) is 13.1. The molecule has 1 aromatic rings. The Morgan fingerprint density at radius 2 is 1.93 bits per heavy atom. The molecule has 0 unspecified atom stereocenters. The average molecular weight is 409 g/mol. The van der Waals surface area contributed by atoms with Gasteiger partial charge in [0.1, 0.15) is 5.75 Å². The van der Waals surface area contributed by atoms with E-state index in [0.717, 1.165) is 5.56 Å². The minimum atomic E-state index is -3.77. The predicted octanol–water partition coefficient (Wildman–Crippen LogP) is 1.22. The maximum Gasteiger partial charge on any atom is 0.342 e. The standard InChI is InChI=1S/C18H23N3O6S/c1-11-15(12(2)21-28(24,25)20-11)9-17(22)27-13(3)18(23)19-10-14-7-5-6-8-16(14)26-4/h5-8,13,20H,9-10H2,1-4H3,(H,19,23)/t13-/m0/s1. The van der Waals surface area contributed by atoms with E-state index in [0.29, 0.717) is 17.0 Å². The zero-order chi connectivity index (χ0) is 20.9. The fourth-order valence-electron chi connectivity index (χ4n) is 2.66. The zero-order valence-electron chi connectivity index (χ0n) is 16.1. The van der Waals surface area contributed by atoms with Crippen molar-refractivity contribution in [1.82, 2.24) is 10.0 Å². The maximum absolute atomic E-state index is 12.2. The molecular weight excluding hydrogens is 386 g/mol. The normalized spacial score (nSPS) is 16.5. The van der Waals surface area contributed by atoms with Crippen molar-refractivity contribution in [2.24, 2.45) is 4.40 Å². The number of allylic oxidation sites excluding steroid dienone is 1. The second kappa shape index (κ2) is 8.87. The van der Waals surface area contributed by atoms with Gasteiger partial charge in [-0.15, -0.1) is 4.40 Å². The minimum absolute atomic E-state index is 0.201. The summed E-state index contributed by atoms with van der Waals surface area (Å²) < 4.78 is 39.1. The van der Waals surface area contributed by atoms with Crippen molar-refractivity contribution in [3.05, 3.63) is 41.1 Å². The van der Waals surface area contributed by atoms with Crippen LogP contribution in [0.1, 0.15) is 32.8 Å². The lowest BCUT2D eigenvalue weighted by atomic mass is 10.1. The molecule has 28 heavy (non-hydrogen) atoms. The van der Waals surface area contributed by atoms with Crippen LogP contribution >= 0.6 is 0 Å². The largest absolute Gasteiger partial charge is 0.496 e. The van der Waals surface area contributed by atoms with Crippen LogP contribution in [0.2, 0.25) is 0 Å². The number of benzene rings is 1. The number of amides is 1. The molecule has 1 atom stereocenters. The summed E-state index contributed by atoms with van der Waals surface area (Å²) in [5.41, 5.74) is 1.72. The van der Waals surface area contributed by atoms with Crippen LogP contribution in [0.5, 0.6) is 5.75 Å². The predicted molar refractivity (Wildman–Crippen MR) is 103 cm³/mol. The molecule has 0 bridgehead atoms. The Kier molecular flexibility index (Phi) is 6.79. The number of para-hydroxylation sites is 1. The third-order valence-electron chi connectivity index (χ3n) is 4.07. The Morgan fingerprint density at radius 3 is 2.57 bits per heavy atom. The van der Waals surface area contributed by atoms with Gasteiger partial charge in [-0.05, 0) is 26.8 Å². The number of esters is 1. The number of methoxy groups -OCH3 is 1. The Bertz CT molecular complexity index is 936. The number of carbonyl (C=O) groups is 2. The summed E-state index contributed by atoms with van der Waals surface area (Å²) in [6.07, 6.45) is -1.21. The number of hydrogen-bond acceptors (Lipinski definition) is 6. The van der Waals surface area contributed by atoms with Gasteiger partial charge < -0.3 is 14.8 Å². The first-order valence-electron chi connectivity index (χ1n) is 8.51. The van der Waals surface area contributed by atoms with Crippen LogP contribution < -0.4 is 14.8 Å². The van der Waals surface area contributed by atoms with Crippen molar-refractivity contribution in [3.8, 4) is 5.75 Å². The smallest absolute Gasteiger partial charge is 0.342 e. The molecule has 2 rings (SSSR count). The van der Waals surface area contributed by atoms with Gasteiger partial charge in [-0.3, -0.25) is 14.3 Å². The van der Waals surface area contributed by atoms with Crippen LogP contribution in [-0.4, -0.2) is 39.2 Å². The monoisotopic (exact) mass is 409 g/mol. The molecule has 1 aliphatic heterocycles. The lowest BCUT2D eigenvalue weighted by Crippen LogP contribution is -2.36. The van der Waals surface area contributed by atoms with E-state index in [2.05, 4.69) is 14.4 Å². The third kappa shape index (κ3) is 5.56. The van der Waals surface area contributed by atoms with Gasteiger partial charge in [0.2, 0.25) is 0 Å². The van der Waals surface area contributed by atoms with Crippen LogP contribution in [0.25, 0.3) is 0 Å². The van der Waals surface area contributed by atoms with Crippen LogP contribution in [0.4, 0.5) is 0 Å². The molecule has 0 fully saturated rings. The Morgan fingerprint density at radius 1 is 1.25 bits per heavy atom. The fraction of sp³-hybridized carbons (Fsp3) is 0.389. The molecule has 2 N–H and O–H groups in total. The molecule has 0 aromatic heterocycles. The second-order valence-corrected chi connectivity index (χ2v) is 7.53. The first-order valence-corrected chi connectivity index (χ1v) is 9.95. The van der Waals surface area contributed by atoms with E-state index < -0.39 is 28.2 Å². The van der Waals surface area contributed by atoms with Crippen molar-refractivity contribution in [1.29, 1.82) is 0 Å². The lowest BCUT2D eigenvalue weighted by Gasteiger charge is -2.19. The summed E-state index contributed by atoms with van der Waals surface area (Å²) in [5, 5.41) is 2.69. The molecule has 10 heteroatoms. The van der Waals surface area contributed by atoms with Crippen LogP contribution in [0, 0.1) is 0 Å². The summed E-state index contributed by atoms with van der Waals surface area (Å²) in [7, 11) is -2.23. The average Bonchev–Trinajstić information content (AvgIpc) is 2.62. The number of nitrogens with one attached hydrogen (secondary N) is 2. The summed E-state index contributed by atoms with van der Waals surface area (Å²) in [6, 6.07) is 7.24. The number of carbonyl (C=O) groups excluding carboxylic acids is 2. The summed E-state index contributed by atoms with van der Waals surface area (Å²) in [5.74, 6) is -0.478. The summed E-state index contributed by atoms with van der Waals surface area (Å²) in [6.45, 7) is 4.71. The molecule has 152 valence electrons. The number of rotatable bonds is 7. The molecule has 1 amide bonds. The van der Waals surface area contributed by atoms with Crippen molar-refractivity contribution < 1.29 is 27.5 Å². The lowest BCUT2D eigenvalue weighted by molar-refractivity contribution is -0.154. The molecule has 0 radical (unpaired) electrons. The summed E-state index contributed by atoms with van der Waals surface area (Å²) in [4.78, 5) is 24.4. The van der Waals surface area contributed by atoms with Gasteiger partial charge in [-0.25, -0.2) is 0 Å². The van der Waals surface area contributed by atoms with Gasteiger partial charge in [0.05, 0.1) is 19.2 Å². The third-order valence-corrected chi connectivity index (χ3v) is 5.15. The van der Waals surface area contributed by atoms with Crippen LogP contribution in [0.3, 0.4) is 0 Å². The maximum atomic E-state index is 12.2. The topological polar surface area (TPSA) is 123 Å². The van der Waals surface area contributed by atoms with E-state index in [1.165, 1.54) is 20.8 Å². The Balaban J connectivity index is 1.91. The van der Waals surface area contributed by atoms with E-state index in [9.17, 15) is 18.0 Å². The van der Waals surface area contributed by atoms with Gasteiger partial charge in [0.25, 0.3) is 5.91 Å². The Hall–Kier alpha value is -2.88. The van der Waals surface area contributed by atoms with Gasteiger partial charge in [-0.2, -0.15) is 8.42 Å². The number of nitrogens with zero attached hydrogens (tertiary/aromatic N) is 1. The Labute approximate surface area is 164 Å². The minimum Gasteiger partial charge on any atom is -0.496 e. The molecule has 0 saturated carbocycles. The number of ether oxygens (including phenoxy) is 2. The van der Waals surface area contributed by atoms with E-state index in [1.54, 1.807) is 13.2 Å². The molecule has 0 spiro atoms. The van der Waals surface area contributed by atoms with Crippen molar-refractivity contribution in [2.75, 3.05) is 7.11 Å². The molecule has 0 aliphatic carbocycles. The second-order valence-electron chi connectivity index (χ2n) is 6.20. The highest BCUT2D eigenvalue weighted by Crippen LogP contribution is 2.18. The van der Waals surface area contributed by atoms with E-state index in [-0.39, 0.29) is 18.7 Å². The van der Waals surface area contributed by atoms with Gasteiger partial charge in [0, 0.05) is 23.4 Å². The molecule has 1 heterocycles. The van der Waals surface area contributed by atoms with E-state index >= 15 is 0 Å². The van der Waals surface area contributed by atoms with E-state index in [1.807, 2.05) is 18.2 Å². The van der Waals surface area contributed by atoms with Gasteiger partial charge in [0.15, 0.2) is 6.10 Å². The van der Waals surface area contributed by atoms with Crippen LogP contribution in [0.15, 0.2) is 39.9 Å². The zero-order valence-corrected chi connectivity index (χ0v) is 16.9. The molecular formula is C18H23N3O6S.